The Morgan fingerprint density at radius 1 is 1.04 bits per heavy atom. The predicted octanol–water partition coefficient (Wildman–Crippen LogP) is 3.44. The minimum Gasteiger partial charge on any atom is -0.392 e. The van der Waals surface area contributed by atoms with Crippen molar-refractivity contribution in [2.24, 2.45) is 0 Å². The first kappa shape index (κ1) is 17.2. The van der Waals surface area contributed by atoms with Crippen LogP contribution in [0.15, 0.2) is 55.0 Å². The van der Waals surface area contributed by atoms with Crippen LogP contribution in [0.25, 0.3) is 0 Å². The van der Waals surface area contributed by atoms with Crippen molar-refractivity contribution in [3.05, 3.63) is 89.0 Å². The average Bonchev–Trinajstić information content (AvgIpc) is 2.63. The van der Waals surface area contributed by atoms with Gasteiger partial charge in [-0.05, 0) is 47.7 Å². The van der Waals surface area contributed by atoms with Gasteiger partial charge in [-0.1, -0.05) is 19.1 Å². The molecule has 0 saturated heterocycles. The molecule has 0 radical (unpaired) electrons. The lowest BCUT2D eigenvalue weighted by atomic mass is 9.95. The first-order valence-electron chi connectivity index (χ1n) is 8.24. The number of benzene rings is 1. The Hall–Kier alpha value is -2.66. The van der Waals surface area contributed by atoms with Crippen LogP contribution in [0.2, 0.25) is 0 Å². The summed E-state index contributed by atoms with van der Waals surface area (Å²) in [4.78, 5) is 13.1. The highest BCUT2D eigenvalue weighted by Crippen LogP contribution is 2.21. The third-order valence-corrected chi connectivity index (χ3v) is 4.11. The summed E-state index contributed by atoms with van der Waals surface area (Å²) < 4.78 is 13.1. The molecule has 1 N–H and O–H groups in total. The normalized spacial score (nSPS) is 12.1. The van der Waals surface area contributed by atoms with Crippen LogP contribution in [0.1, 0.15) is 41.1 Å². The van der Waals surface area contributed by atoms with E-state index in [4.69, 9.17) is 4.98 Å². The Morgan fingerprint density at radius 2 is 1.80 bits per heavy atom. The number of hydrogen-bond acceptors (Lipinski definition) is 4. The van der Waals surface area contributed by atoms with E-state index in [1.165, 1.54) is 12.1 Å². The smallest absolute Gasteiger partial charge is 0.123 e. The van der Waals surface area contributed by atoms with Gasteiger partial charge in [0.25, 0.3) is 0 Å². The van der Waals surface area contributed by atoms with Crippen molar-refractivity contribution in [1.82, 2.24) is 15.0 Å². The number of aliphatic hydroxyl groups excluding tert-OH is 1. The van der Waals surface area contributed by atoms with Crippen molar-refractivity contribution in [2.45, 2.75) is 32.3 Å². The number of aliphatic hydroxyl groups is 1. The molecule has 1 atom stereocenters. The van der Waals surface area contributed by atoms with Gasteiger partial charge in [0.15, 0.2) is 0 Å². The van der Waals surface area contributed by atoms with E-state index >= 15 is 0 Å². The van der Waals surface area contributed by atoms with Crippen LogP contribution in [0, 0.1) is 5.82 Å². The highest BCUT2D eigenvalue weighted by molar-refractivity contribution is 5.27. The Kier molecular flexibility index (Phi) is 5.46. The van der Waals surface area contributed by atoms with Crippen LogP contribution in [-0.4, -0.2) is 20.1 Å². The second-order valence-corrected chi connectivity index (χ2v) is 6.15. The molecule has 0 aliphatic heterocycles. The maximum Gasteiger partial charge on any atom is 0.123 e. The van der Waals surface area contributed by atoms with Crippen molar-refractivity contribution in [2.75, 3.05) is 0 Å². The Balaban J connectivity index is 1.80. The zero-order valence-electron chi connectivity index (χ0n) is 14.1. The lowest BCUT2D eigenvalue weighted by molar-refractivity contribution is 0.281. The standard InChI is InChI=1S/C20H20FN3O/c1-14(16-2-4-17(21)5-3-16)8-18-9-15(13-25)10-19(24-18)11-20-12-22-6-7-23-20/h2-7,9-10,12,14,25H,8,11,13H2,1H3/t14-/m1/s1. The first-order chi connectivity index (χ1) is 12.1. The van der Waals surface area contributed by atoms with E-state index in [9.17, 15) is 9.50 Å². The zero-order valence-corrected chi connectivity index (χ0v) is 14.1. The maximum absolute atomic E-state index is 13.1. The molecule has 0 aliphatic carbocycles. The third kappa shape index (κ3) is 4.67. The molecule has 0 amide bonds. The van der Waals surface area contributed by atoms with Crippen molar-refractivity contribution >= 4 is 0 Å². The molecule has 0 spiro atoms. The monoisotopic (exact) mass is 337 g/mol. The van der Waals surface area contributed by atoms with Gasteiger partial charge in [-0.15, -0.1) is 0 Å². The molecule has 0 bridgehead atoms. The fourth-order valence-electron chi connectivity index (χ4n) is 2.83. The second-order valence-electron chi connectivity index (χ2n) is 6.15. The van der Waals surface area contributed by atoms with Gasteiger partial charge in [0.05, 0.1) is 12.3 Å². The minimum absolute atomic E-state index is 0.0338. The maximum atomic E-state index is 13.1. The van der Waals surface area contributed by atoms with Crippen LogP contribution in [0.4, 0.5) is 4.39 Å². The molecule has 0 aliphatic rings. The minimum atomic E-state index is -0.234. The number of pyridine rings is 1. The summed E-state index contributed by atoms with van der Waals surface area (Å²) in [7, 11) is 0. The molecule has 128 valence electrons. The van der Waals surface area contributed by atoms with E-state index < -0.39 is 0 Å². The van der Waals surface area contributed by atoms with E-state index in [0.717, 1.165) is 28.2 Å². The summed E-state index contributed by atoms with van der Waals surface area (Å²) in [6.07, 6.45) is 6.29. The van der Waals surface area contributed by atoms with Crippen LogP contribution in [0.5, 0.6) is 0 Å². The van der Waals surface area contributed by atoms with Gasteiger partial charge in [-0.3, -0.25) is 15.0 Å². The first-order valence-corrected chi connectivity index (χ1v) is 8.24. The molecular formula is C20H20FN3O. The van der Waals surface area contributed by atoms with Crippen LogP contribution >= 0.6 is 0 Å². The lowest BCUT2D eigenvalue weighted by Gasteiger charge is -2.13. The molecule has 25 heavy (non-hydrogen) atoms. The van der Waals surface area contributed by atoms with Gasteiger partial charge >= 0.3 is 0 Å². The van der Waals surface area contributed by atoms with E-state index in [1.807, 2.05) is 12.1 Å². The van der Waals surface area contributed by atoms with Gasteiger partial charge in [0.2, 0.25) is 0 Å². The molecular weight excluding hydrogens is 317 g/mol. The number of rotatable bonds is 6. The molecule has 2 heterocycles. The molecule has 4 nitrogen and oxygen atoms in total. The van der Waals surface area contributed by atoms with Gasteiger partial charge in [0, 0.05) is 36.4 Å². The van der Waals surface area contributed by atoms with Crippen molar-refractivity contribution in [1.29, 1.82) is 0 Å². The van der Waals surface area contributed by atoms with Gasteiger partial charge < -0.3 is 5.11 Å². The number of halogens is 1. The van der Waals surface area contributed by atoms with Gasteiger partial charge in [-0.25, -0.2) is 4.39 Å². The molecule has 1 aromatic carbocycles. The topological polar surface area (TPSA) is 58.9 Å². The van der Waals surface area contributed by atoms with Crippen molar-refractivity contribution in [3.8, 4) is 0 Å². The highest BCUT2D eigenvalue weighted by Gasteiger charge is 2.11. The Bertz CT molecular complexity index is 822. The fourth-order valence-corrected chi connectivity index (χ4v) is 2.83. The van der Waals surface area contributed by atoms with E-state index in [2.05, 4.69) is 16.9 Å². The fraction of sp³-hybridized carbons (Fsp3) is 0.250. The molecule has 0 unspecified atom stereocenters. The van der Waals surface area contributed by atoms with Crippen LogP contribution in [-0.2, 0) is 19.4 Å². The quantitative estimate of drug-likeness (QED) is 0.748. The number of hydrogen-bond donors (Lipinski definition) is 1. The molecule has 5 heteroatoms. The SMILES string of the molecule is C[C@H](Cc1cc(CO)cc(Cc2cnccn2)n1)c1ccc(F)cc1. The Labute approximate surface area is 146 Å². The summed E-state index contributed by atoms with van der Waals surface area (Å²) in [6.45, 7) is 2.05. The van der Waals surface area contributed by atoms with Gasteiger partial charge in [0.1, 0.15) is 5.82 Å². The number of aromatic nitrogens is 3. The second kappa shape index (κ2) is 7.94. The van der Waals surface area contributed by atoms with E-state index in [1.54, 1.807) is 30.7 Å². The molecule has 3 rings (SSSR count). The van der Waals surface area contributed by atoms with Crippen molar-refractivity contribution in [3.63, 3.8) is 0 Å². The Morgan fingerprint density at radius 3 is 2.48 bits per heavy atom. The summed E-state index contributed by atoms with van der Waals surface area (Å²) in [6, 6.07) is 10.4. The molecule has 0 fully saturated rings. The third-order valence-electron chi connectivity index (χ3n) is 4.11. The summed E-state index contributed by atoms with van der Waals surface area (Å²) >= 11 is 0. The molecule has 3 aromatic rings. The van der Waals surface area contributed by atoms with E-state index in [0.29, 0.717) is 12.8 Å². The average molecular weight is 337 g/mol. The van der Waals surface area contributed by atoms with Crippen molar-refractivity contribution < 1.29 is 9.50 Å². The van der Waals surface area contributed by atoms with E-state index in [-0.39, 0.29) is 18.3 Å². The lowest BCUT2D eigenvalue weighted by Crippen LogP contribution is -2.05. The summed E-state index contributed by atoms with van der Waals surface area (Å²) in [5, 5.41) is 9.54. The highest BCUT2D eigenvalue weighted by atomic mass is 19.1. The molecule has 0 saturated carbocycles. The van der Waals surface area contributed by atoms with Gasteiger partial charge in [-0.2, -0.15) is 0 Å². The number of nitrogens with zero attached hydrogens (tertiary/aromatic N) is 3. The zero-order chi connectivity index (χ0) is 17.6. The molecule has 2 aromatic heterocycles. The largest absolute Gasteiger partial charge is 0.392 e. The van der Waals surface area contributed by atoms with Crippen LogP contribution < -0.4 is 0 Å². The predicted molar refractivity (Wildman–Crippen MR) is 93.5 cm³/mol. The summed E-state index contributed by atoms with van der Waals surface area (Å²) in [5.41, 5.74) is 4.49. The summed E-state index contributed by atoms with van der Waals surface area (Å²) in [5.74, 6) is -0.0333. The van der Waals surface area contributed by atoms with Crippen LogP contribution in [0.3, 0.4) is 0 Å².